The second kappa shape index (κ2) is 10.4. The average molecular weight is 488 g/mol. The monoisotopic (exact) mass is 487 g/mol. The third-order valence-corrected chi connectivity index (χ3v) is 5.86. The molecule has 1 heterocycles. The Morgan fingerprint density at radius 3 is 2.31 bits per heavy atom. The molecule has 0 aromatic heterocycles. The minimum absolute atomic E-state index is 0.0485. The Morgan fingerprint density at radius 1 is 1.00 bits per heavy atom. The molecule has 1 saturated heterocycles. The van der Waals surface area contributed by atoms with E-state index in [2.05, 4.69) is 0 Å². The van der Waals surface area contributed by atoms with Crippen LogP contribution in [0.2, 0.25) is 0 Å². The van der Waals surface area contributed by atoms with Crippen molar-refractivity contribution in [2.45, 2.75) is 19.4 Å². The van der Waals surface area contributed by atoms with Crippen molar-refractivity contribution in [3.8, 4) is 11.5 Å². The first kappa shape index (κ1) is 24.5. The van der Waals surface area contributed by atoms with Gasteiger partial charge in [0.25, 0.3) is 11.7 Å². The Balaban J connectivity index is 1.82. The maximum Gasteiger partial charge on any atom is 0.309 e. The van der Waals surface area contributed by atoms with Gasteiger partial charge in [-0.25, -0.2) is 0 Å². The highest BCUT2D eigenvalue weighted by Gasteiger charge is 2.47. The van der Waals surface area contributed by atoms with Gasteiger partial charge in [-0.15, -0.1) is 0 Å². The number of esters is 1. The maximum absolute atomic E-state index is 13.2. The van der Waals surface area contributed by atoms with Crippen LogP contribution >= 0.6 is 0 Å². The van der Waals surface area contributed by atoms with Gasteiger partial charge in [0.2, 0.25) is 0 Å². The zero-order chi connectivity index (χ0) is 25.8. The number of ether oxygens (including phenoxy) is 2. The van der Waals surface area contributed by atoms with E-state index < -0.39 is 23.7 Å². The van der Waals surface area contributed by atoms with Gasteiger partial charge in [0, 0.05) is 11.3 Å². The molecule has 36 heavy (non-hydrogen) atoms. The summed E-state index contributed by atoms with van der Waals surface area (Å²) < 4.78 is 10.1. The number of hydrogen-bond acceptors (Lipinski definition) is 7. The molecule has 0 aliphatic carbocycles. The van der Waals surface area contributed by atoms with Crippen LogP contribution in [0, 0.1) is 0 Å². The first-order valence-corrected chi connectivity index (χ1v) is 11.3. The van der Waals surface area contributed by atoms with Gasteiger partial charge in [-0.1, -0.05) is 24.3 Å². The molecule has 184 valence electrons. The van der Waals surface area contributed by atoms with E-state index in [1.807, 2.05) is 6.92 Å². The normalized spacial score (nSPS) is 16.7. The summed E-state index contributed by atoms with van der Waals surface area (Å²) in [7, 11) is 1.30. The fourth-order valence-electron chi connectivity index (χ4n) is 4.15. The van der Waals surface area contributed by atoms with E-state index in [0.717, 1.165) is 0 Å². The number of ketones is 1. The van der Waals surface area contributed by atoms with Crippen LogP contribution in [0.25, 0.3) is 5.76 Å². The molecule has 1 aliphatic heterocycles. The van der Waals surface area contributed by atoms with Gasteiger partial charge in [-0.05, 0) is 66.6 Å². The number of hydrogen-bond donors (Lipinski definition) is 2. The van der Waals surface area contributed by atoms with Crippen molar-refractivity contribution in [1.82, 2.24) is 0 Å². The van der Waals surface area contributed by atoms with Crippen molar-refractivity contribution in [3.63, 3.8) is 0 Å². The highest BCUT2D eigenvalue weighted by atomic mass is 16.5. The van der Waals surface area contributed by atoms with Crippen LogP contribution in [0.4, 0.5) is 5.69 Å². The summed E-state index contributed by atoms with van der Waals surface area (Å²) in [6.45, 7) is 2.33. The molecule has 0 radical (unpaired) electrons. The molecule has 1 atom stereocenters. The van der Waals surface area contributed by atoms with Gasteiger partial charge in [-0.2, -0.15) is 0 Å². The number of phenols is 1. The number of carbonyl (C=O) groups excluding carboxylic acids is 3. The number of aliphatic hydroxyl groups is 1. The molecule has 1 aliphatic rings. The highest BCUT2D eigenvalue weighted by Crippen LogP contribution is 2.42. The van der Waals surface area contributed by atoms with Crippen molar-refractivity contribution in [1.29, 1.82) is 0 Å². The van der Waals surface area contributed by atoms with Crippen molar-refractivity contribution in [2.75, 3.05) is 18.6 Å². The molecule has 2 N–H and O–H groups in total. The number of aromatic hydroxyl groups is 1. The second-order valence-electron chi connectivity index (χ2n) is 8.14. The first-order valence-electron chi connectivity index (χ1n) is 11.3. The molecule has 8 heteroatoms. The van der Waals surface area contributed by atoms with E-state index >= 15 is 0 Å². The lowest BCUT2D eigenvalue weighted by Crippen LogP contribution is -2.29. The van der Waals surface area contributed by atoms with E-state index in [1.54, 1.807) is 60.7 Å². The number of aliphatic hydroxyl groups excluding tert-OH is 1. The summed E-state index contributed by atoms with van der Waals surface area (Å²) in [5, 5.41) is 21.3. The van der Waals surface area contributed by atoms with E-state index in [1.165, 1.54) is 24.1 Å². The van der Waals surface area contributed by atoms with E-state index in [-0.39, 0.29) is 23.5 Å². The van der Waals surface area contributed by atoms with Gasteiger partial charge < -0.3 is 19.7 Å². The van der Waals surface area contributed by atoms with Gasteiger partial charge in [0.05, 0.1) is 31.8 Å². The minimum Gasteiger partial charge on any atom is -0.508 e. The standard InChI is InChI=1S/C28H25NO7/c1-3-36-22-13-9-18(10-14-22)26(32)24-25(19-5-4-6-21(30)16-19)29(28(34)27(24)33)20-11-7-17(8-12-20)15-23(31)35-2/h4-14,16,25,30,32H,3,15H2,1-2H3/b26-24-. The number of amides is 1. The second-order valence-corrected chi connectivity index (χ2v) is 8.14. The molecule has 3 aromatic rings. The molecule has 0 spiro atoms. The molecule has 0 bridgehead atoms. The van der Waals surface area contributed by atoms with Crippen molar-refractivity contribution in [3.05, 3.63) is 95.1 Å². The largest absolute Gasteiger partial charge is 0.508 e. The molecular formula is C28H25NO7. The summed E-state index contributed by atoms with van der Waals surface area (Å²) in [5.74, 6) is -1.86. The number of benzene rings is 3. The highest BCUT2D eigenvalue weighted by molar-refractivity contribution is 6.51. The minimum atomic E-state index is -0.991. The summed E-state index contributed by atoms with van der Waals surface area (Å²) in [5.41, 5.74) is 1.75. The van der Waals surface area contributed by atoms with Crippen LogP contribution in [0.3, 0.4) is 0 Å². The van der Waals surface area contributed by atoms with Crippen molar-refractivity contribution in [2.24, 2.45) is 0 Å². The van der Waals surface area contributed by atoms with Crippen molar-refractivity contribution >= 4 is 29.1 Å². The SMILES string of the molecule is CCOc1ccc(/C(O)=C2/C(=O)C(=O)N(c3ccc(CC(=O)OC)cc3)C2c2cccc(O)c2)cc1. The quantitative estimate of drug-likeness (QED) is 0.223. The Bertz CT molecular complexity index is 1330. The summed E-state index contributed by atoms with van der Waals surface area (Å²) >= 11 is 0. The van der Waals surface area contributed by atoms with Crippen LogP contribution in [0.15, 0.2) is 78.4 Å². The molecule has 8 nitrogen and oxygen atoms in total. The van der Waals surface area contributed by atoms with Crippen LogP contribution in [-0.4, -0.2) is 41.6 Å². The molecule has 1 unspecified atom stereocenters. The smallest absolute Gasteiger partial charge is 0.309 e. The third kappa shape index (κ3) is 4.79. The van der Waals surface area contributed by atoms with Crippen LogP contribution in [0.5, 0.6) is 11.5 Å². The topological polar surface area (TPSA) is 113 Å². The van der Waals surface area contributed by atoms with E-state index in [0.29, 0.717) is 34.7 Å². The first-order chi connectivity index (χ1) is 17.3. The number of methoxy groups -OCH3 is 1. The Hall–Kier alpha value is -4.59. The van der Waals surface area contributed by atoms with Gasteiger partial charge in [-0.3, -0.25) is 19.3 Å². The van der Waals surface area contributed by atoms with E-state index in [4.69, 9.17) is 9.47 Å². The number of nitrogens with zero attached hydrogens (tertiary/aromatic N) is 1. The lowest BCUT2D eigenvalue weighted by molar-refractivity contribution is -0.139. The van der Waals surface area contributed by atoms with Gasteiger partial charge in [0.1, 0.15) is 17.3 Å². The predicted molar refractivity (Wildman–Crippen MR) is 133 cm³/mol. The van der Waals surface area contributed by atoms with Crippen molar-refractivity contribution < 1.29 is 34.1 Å². The van der Waals surface area contributed by atoms with E-state index in [9.17, 15) is 24.6 Å². The summed E-state index contributed by atoms with van der Waals surface area (Å²) in [4.78, 5) is 39.4. The lowest BCUT2D eigenvalue weighted by Gasteiger charge is -2.25. The number of Topliss-reactive ketones (excluding diaryl/α,β-unsaturated/α-hetero) is 1. The third-order valence-electron chi connectivity index (χ3n) is 5.86. The molecule has 1 amide bonds. The lowest BCUT2D eigenvalue weighted by atomic mass is 9.95. The zero-order valence-electron chi connectivity index (χ0n) is 19.8. The molecule has 4 rings (SSSR count). The summed E-state index contributed by atoms with van der Waals surface area (Å²) in [6, 6.07) is 18.3. The number of rotatable bonds is 7. The van der Waals surface area contributed by atoms with Crippen LogP contribution < -0.4 is 9.64 Å². The Kier molecular flexibility index (Phi) is 7.05. The van der Waals surface area contributed by atoms with Crippen LogP contribution in [-0.2, 0) is 25.5 Å². The van der Waals surface area contributed by atoms with Gasteiger partial charge >= 0.3 is 5.97 Å². The molecule has 0 saturated carbocycles. The zero-order valence-corrected chi connectivity index (χ0v) is 19.8. The van der Waals surface area contributed by atoms with Gasteiger partial charge in [0.15, 0.2) is 0 Å². The number of carbonyl (C=O) groups is 3. The summed E-state index contributed by atoms with van der Waals surface area (Å²) in [6.07, 6.45) is 0.0589. The maximum atomic E-state index is 13.2. The fourth-order valence-corrected chi connectivity index (χ4v) is 4.15. The Morgan fingerprint density at radius 2 is 1.69 bits per heavy atom. The molecule has 1 fully saturated rings. The average Bonchev–Trinajstić information content (AvgIpc) is 3.15. The Labute approximate surface area is 208 Å². The number of phenolic OH excluding ortho intramolecular Hbond substituents is 1. The fraction of sp³-hybridized carbons (Fsp3) is 0.179. The molecule has 3 aromatic carbocycles. The number of anilines is 1. The predicted octanol–water partition coefficient (Wildman–Crippen LogP) is 4.13. The molecular weight excluding hydrogens is 462 g/mol. The van der Waals surface area contributed by atoms with Crippen LogP contribution in [0.1, 0.15) is 29.7 Å².